The summed E-state index contributed by atoms with van der Waals surface area (Å²) in [5.41, 5.74) is 1.04. The quantitative estimate of drug-likeness (QED) is 0.627. The van der Waals surface area contributed by atoms with Gasteiger partial charge in [0, 0.05) is 18.2 Å². The van der Waals surface area contributed by atoms with Crippen molar-refractivity contribution in [3.8, 4) is 0 Å². The number of nitro groups is 1. The van der Waals surface area contributed by atoms with Crippen molar-refractivity contribution >= 4 is 5.69 Å². The molecule has 86 valence electrons. The summed E-state index contributed by atoms with van der Waals surface area (Å²) in [5.74, 6) is 0. The van der Waals surface area contributed by atoms with Gasteiger partial charge in [-0.05, 0) is 24.1 Å². The van der Waals surface area contributed by atoms with E-state index in [-0.39, 0.29) is 11.9 Å². The molecule has 1 heterocycles. The Kier molecular flexibility index (Phi) is 3.17. The molecule has 0 radical (unpaired) electrons. The molecule has 1 saturated heterocycles. The molecule has 0 saturated carbocycles. The molecule has 16 heavy (non-hydrogen) atoms. The zero-order chi connectivity index (χ0) is 11.5. The van der Waals surface area contributed by atoms with Gasteiger partial charge >= 0.3 is 0 Å². The Morgan fingerprint density at radius 1 is 1.50 bits per heavy atom. The average molecular weight is 222 g/mol. The molecule has 1 aromatic rings. The van der Waals surface area contributed by atoms with Crippen molar-refractivity contribution in [3.05, 3.63) is 39.9 Å². The molecule has 1 aromatic carbocycles. The van der Waals surface area contributed by atoms with E-state index >= 15 is 0 Å². The summed E-state index contributed by atoms with van der Waals surface area (Å²) >= 11 is 0. The molecule has 1 N–H and O–H groups in total. The van der Waals surface area contributed by atoms with Crippen LogP contribution in [0.1, 0.15) is 25.1 Å². The van der Waals surface area contributed by atoms with E-state index in [4.69, 9.17) is 4.74 Å². The fourth-order valence-corrected chi connectivity index (χ4v) is 1.72. The molecule has 0 unspecified atom stereocenters. The highest BCUT2D eigenvalue weighted by atomic mass is 16.6. The van der Waals surface area contributed by atoms with E-state index in [9.17, 15) is 10.1 Å². The highest BCUT2D eigenvalue weighted by molar-refractivity contribution is 5.33. The van der Waals surface area contributed by atoms with Gasteiger partial charge in [-0.1, -0.05) is 6.92 Å². The molecule has 1 aliphatic rings. The van der Waals surface area contributed by atoms with Crippen LogP contribution in [0.3, 0.4) is 0 Å². The molecule has 5 nitrogen and oxygen atoms in total. The number of nitrogens with zero attached hydrogens (tertiary/aromatic N) is 1. The molecule has 0 aliphatic carbocycles. The third-order valence-corrected chi connectivity index (χ3v) is 2.75. The number of hydrogen-bond acceptors (Lipinski definition) is 4. The van der Waals surface area contributed by atoms with Crippen molar-refractivity contribution in [2.24, 2.45) is 0 Å². The lowest BCUT2D eigenvalue weighted by Gasteiger charge is -2.11. The smallest absolute Gasteiger partial charge is 0.269 e. The molecule has 0 aromatic heterocycles. The van der Waals surface area contributed by atoms with Crippen molar-refractivity contribution in [2.45, 2.75) is 25.6 Å². The first-order valence-corrected chi connectivity index (χ1v) is 5.32. The first kappa shape index (κ1) is 11.0. The van der Waals surface area contributed by atoms with Crippen molar-refractivity contribution in [1.29, 1.82) is 0 Å². The topological polar surface area (TPSA) is 64.4 Å². The zero-order valence-electron chi connectivity index (χ0n) is 9.05. The van der Waals surface area contributed by atoms with Gasteiger partial charge in [-0.15, -0.1) is 0 Å². The zero-order valence-corrected chi connectivity index (χ0v) is 9.05. The van der Waals surface area contributed by atoms with Crippen LogP contribution in [0.15, 0.2) is 24.3 Å². The van der Waals surface area contributed by atoms with E-state index in [0.29, 0.717) is 12.6 Å². The molecular weight excluding hydrogens is 208 g/mol. The number of non-ortho nitro benzene ring substituents is 1. The molecule has 2 atom stereocenters. The lowest BCUT2D eigenvalue weighted by Crippen LogP contribution is -2.24. The van der Waals surface area contributed by atoms with E-state index < -0.39 is 4.92 Å². The van der Waals surface area contributed by atoms with Crippen LogP contribution >= 0.6 is 0 Å². The summed E-state index contributed by atoms with van der Waals surface area (Å²) in [7, 11) is 0. The van der Waals surface area contributed by atoms with Gasteiger partial charge in [0.05, 0.1) is 11.5 Å². The second-order valence-corrected chi connectivity index (χ2v) is 3.83. The Labute approximate surface area is 93.6 Å². The summed E-state index contributed by atoms with van der Waals surface area (Å²) in [6.45, 7) is 2.79. The average Bonchev–Trinajstić information content (AvgIpc) is 2.77. The van der Waals surface area contributed by atoms with Crippen LogP contribution in [0.25, 0.3) is 0 Å². The van der Waals surface area contributed by atoms with Gasteiger partial charge in [-0.2, -0.15) is 0 Å². The number of ether oxygens (including phenoxy) is 1. The minimum Gasteiger partial charge on any atom is -0.357 e. The number of hydrogen-bond donors (Lipinski definition) is 1. The fourth-order valence-electron chi connectivity index (χ4n) is 1.72. The first-order valence-electron chi connectivity index (χ1n) is 5.32. The summed E-state index contributed by atoms with van der Waals surface area (Å²) in [5, 5.41) is 13.8. The summed E-state index contributed by atoms with van der Waals surface area (Å²) in [6.07, 6.45) is 0.884. The molecule has 0 bridgehead atoms. The standard InChI is InChI=1S/C11H14N2O3/c1-2-9-7-16-11(12-9)8-3-5-10(6-4-8)13(14)15/h3-6,9,11-12H,2,7H2,1H3/t9-,11+/m0/s1. The molecule has 0 amide bonds. The fraction of sp³-hybridized carbons (Fsp3) is 0.455. The van der Waals surface area contributed by atoms with E-state index in [1.54, 1.807) is 12.1 Å². The van der Waals surface area contributed by atoms with Crippen LogP contribution in [0.5, 0.6) is 0 Å². The molecule has 2 rings (SSSR count). The Morgan fingerprint density at radius 3 is 2.69 bits per heavy atom. The summed E-state index contributed by atoms with van der Waals surface area (Å²) in [4.78, 5) is 10.1. The third-order valence-electron chi connectivity index (χ3n) is 2.75. The number of rotatable bonds is 3. The SMILES string of the molecule is CC[C@H]1CO[C@H](c2ccc([N+](=O)[O-])cc2)N1. The Morgan fingerprint density at radius 2 is 2.19 bits per heavy atom. The van der Waals surface area contributed by atoms with Crippen molar-refractivity contribution in [1.82, 2.24) is 5.32 Å². The van der Waals surface area contributed by atoms with Gasteiger partial charge in [-0.25, -0.2) is 0 Å². The molecule has 1 fully saturated rings. The molecular formula is C11H14N2O3. The van der Waals surface area contributed by atoms with Gasteiger partial charge in [0.2, 0.25) is 0 Å². The second kappa shape index (κ2) is 4.59. The van der Waals surface area contributed by atoms with E-state index in [0.717, 1.165) is 12.0 Å². The summed E-state index contributed by atoms with van der Waals surface area (Å²) in [6, 6.07) is 6.83. The van der Waals surface area contributed by atoms with Crippen LogP contribution in [-0.4, -0.2) is 17.6 Å². The number of benzene rings is 1. The van der Waals surface area contributed by atoms with Crippen LogP contribution in [-0.2, 0) is 4.74 Å². The van der Waals surface area contributed by atoms with E-state index in [1.807, 2.05) is 0 Å². The predicted molar refractivity (Wildman–Crippen MR) is 59.0 cm³/mol. The number of nitro benzene ring substituents is 1. The van der Waals surface area contributed by atoms with E-state index in [2.05, 4.69) is 12.2 Å². The lowest BCUT2D eigenvalue weighted by atomic mass is 10.2. The Bertz CT molecular complexity index is 377. The molecule has 0 spiro atoms. The van der Waals surface area contributed by atoms with Crippen LogP contribution in [0, 0.1) is 10.1 Å². The highest BCUT2D eigenvalue weighted by Gasteiger charge is 2.24. The van der Waals surface area contributed by atoms with Crippen molar-refractivity contribution in [2.75, 3.05) is 6.61 Å². The van der Waals surface area contributed by atoms with Gasteiger partial charge in [0.15, 0.2) is 0 Å². The van der Waals surface area contributed by atoms with E-state index in [1.165, 1.54) is 12.1 Å². The molecule has 5 heteroatoms. The minimum absolute atomic E-state index is 0.105. The van der Waals surface area contributed by atoms with Crippen molar-refractivity contribution in [3.63, 3.8) is 0 Å². The first-order chi connectivity index (χ1) is 7.70. The Hall–Kier alpha value is -1.46. The van der Waals surface area contributed by atoms with Crippen molar-refractivity contribution < 1.29 is 9.66 Å². The number of nitrogens with one attached hydrogen (secondary N) is 1. The maximum Gasteiger partial charge on any atom is 0.269 e. The van der Waals surface area contributed by atoms with Gasteiger partial charge < -0.3 is 4.74 Å². The normalized spacial score (nSPS) is 24.6. The summed E-state index contributed by atoms with van der Waals surface area (Å²) < 4.78 is 5.56. The van der Waals surface area contributed by atoms with Gasteiger partial charge in [0.25, 0.3) is 5.69 Å². The van der Waals surface area contributed by atoms with Crippen LogP contribution < -0.4 is 5.32 Å². The van der Waals surface area contributed by atoms with Gasteiger partial charge in [0.1, 0.15) is 6.23 Å². The predicted octanol–water partition coefficient (Wildman–Crippen LogP) is 1.99. The minimum atomic E-state index is -0.401. The second-order valence-electron chi connectivity index (χ2n) is 3.83. The van der Waals surface area contributed by atoms with Crippen LogP contribution in [0.4, 0.5) is 5.69 Å². The lowest BCUT2D eigenvalue weighted by molar-refractivity contribution is -0.384. The van der Waals surface area contributed by atoms with Gasteiger partial charge in [-0.3, -0.25) is 15.4 Å². The largest absolute Gasteiger partial charge is 0.357 e. The molecule has 1 aliphatic heterocycles. The van der Waals surface area contributed by atoms with Crippen LogP contribution in [0.2, 0.25) is 0 Å². The highest BCUT2D eigenvalue weighted by Crippen LogP contribution is 2.23. The third kappa shape index (κ3) is 2.20. The maximum absolute atomic E-state index is 10.5. The maximum atomic E-state index is 10.5. The monoisotopic (exact) mass is 222 g/mol. The Balaban J connectivity index is 2.08.